The third-order valence-electron chi connectivity index (χ3n) is 7.97. The van der Waals surface area contributed by atoms with E-state index in [1.165, 1.54) is 25.7 Å². The van der Waals surface area contributed by atoms with E-state index in [1.54, 1.807) is 0 Å². The Morgan fingerprint density at radius 2 is 1.04 bits per heavy atom. The second kappa shape index (κ2) is 40.6. The largest absolute Gasteiger partial charge is 0.472 e. The molecule has 1 unspecified atom stereocenters. The van der Waals surface area contributed by atoms with E-state index in [-0.39, 0.29) is 32.6 Å². The summed E-state index contributed by atoms with van der Waals surface area (Å²) in [5.74, 6) is -0.956. The number of unbranched alkanes of at least 4 members (excludes halogenated alkanes) is 8. The first-order valence-electron chi connectivity index (χ1n) is 20.7. The van der Waals surface area contributed by atoms with E-state index in [1.807, 2.05) is 12.2 Å². The van der Waals surface area contributed by atoms with Gasteiger partial charge in [-0.25, -0.2) is 4.57 Å². The minimum atomic E-state index is -4.41. The van der Waals surface area contributed by atoms with E-state index in [0.717, 1.165) is 77.0 Å². The standard InChI is InChI=1S/C45H74NO8P/c1-3-5-7-9-11-13-15-17-19-20-21-22-24-26-28-30-32-34-36-38-45(48)54-43(42-53-55(49,50)52-40-39-46)41-51-44(47)37-35-33-31-29-27-25-23-18-16-14-12-10-8-6-4-2/h6,8,11-14,17-19,21-23,26,28,32,34,43H,3-5,7,9-10,15-16,20,24-25,27,29-31,33,35-42,46H2,1-2H3,(H,49,50)/b8-6-,13-11-,14-12-,19-17-,22-21-,23-18-,28-26-,34-32-/t43-/m1/s1. The Morgan fingerprint density at radius 3 is 1.56 bits per heavy atom. The normalized spacial score (nSPS) is 14.3. The van der Waals surface area contributed by atoms with Crippen LogP contribution in [0.1, 0.15) is 142 Å². The van der Waals surface area contributed by atoms with Crippen LogP contribution in [0.4, 0.5) is 0 Å². The molecule has 55 heavy (non-hydrogen) atoms. The molecular formula is C45H74NO8P. The monoisotopic (exact) mass is 788 g/mol. The number of hydrogen-bond acceptors (Lipinski definition) is 8. The maximum Gasteiger partial charge on any atom is 0.472 e. The van der Waals surface area contributed by atoms with Crippen molar-refractivity contribution < 1.29 is 37.6 Å². The molecule has 0 spiro atoms. The second-order valence-corrected chi connectivity index (χ2v) is 14.6. The number of carbonyl (C=O) groups excluding carboxylic acids is 2. The van der Waals surface area contributed by atoms with Crippen molar-refractivity contribution in [1.29, 1.82) is 0 Å². The number of nitrogens with two attached hydrogens (primary N) is 1. The molecule has 0 aliphatic heterocycles. The highest BCUT2D eigenvalue weighted by Crippen LogP contribution is 2.43. The maximum absolute atomic E-state index is 12.5. The predicted octanol–water partition coefficient (Wildman–Crippen LogP) is 11.8. The average molecular weight is 788 g/mol. The number of allylic oxidation sites excluding steroid dienone is 16. The number of hydrogen-bond donors (Lipinski definition) is 2. The van der Waals surface area contributed by atoms with E-state index >= 15 is 0 Å². The molecule has 0 radical (unpaired) electrons. The lowest BCUT2D eigenvalue weighted by atomic mass is 10.1. The van der Waals surface area contributed by atoms with Gasteiger partial charge in [0.05, 0.1) is 13.2 Å². The summed E-state index contributed by atoms with van der Waals surface area (Å²) in [6.45, 7) is 3.45. The summed E-state index contributed by atoms with van der Waals surface area (Å²) < 4.78 is 32.6. The Kier molecular flexibility index (Phi) is 38.3. The summed E-state index contributed by atoms with van der Waals surface area (Å²) in [6, 6.07) is 0. The molecule has 0 saturated carbocycles. The van der Waals surface area contributed by atoms with Crippen LogP contribution in [0.2, 0.25) is 0 Å². The van der Waals surface area contributed by atoms with Gasteiger partial charge in [0.25, 0.3) is 0 Å². The third kappa shape index (κ3) is 40.4. The van der Waals surface area contributed by atoms with Crippen molar-refractivity contribution in [1.82, 2.24) is 0 Å². The zero-order valence-electron chi connectivity index (χ0n) is 34.1. The van der Waals surface area contributed by atoms with E-state index in [4.69, 9.17) is 24.3 Å². The van der Waals surface area contributed by atoms with Crippen molar-refractivity contribution in [2.24, 2.45) is 5.73 Å². The third-order valence-corrected chi connectivity index (χ3v) is 8.95. The van der Waals surface area contributed by atoms with Crippen LogP contribution >= 0.6 is 7.82 Å². The lowest BCUT2D eigenvalue weighted by molar-refractivity contribution is -0.161. The molecule has 312 valence electrons. The lowest BCUT2D eigenvalue weighted by Crippen LogP contribution is -2.29. The van der Waals surface area contributed by atoms with Crippen LogP contribution in [0.3, 0.4) is 0 Å². The molecule has 0 rings (SSSR count). The molecule has 0 aliphatic rings. The first-order chi connectivity index (χ1) is 26.8. The number of carbonyl (C=O) groups is 2. The van der Waals surface area contributed by atoms with Gasteiger partial charge in [-0.1, -0.05) is 143 Å². The molecule has 0 heterocycles. The zero-order chi connectivity index (χ0) is 40.3. The fraction of sp³-hybridized carbons (Fsp3) is 0.600. The molecule has 0 saturated heterocycles. The van der Waals surface area contributed by atoms with Crippen LogP contribution in [0.15, 0.2) is 97.2 Å². The molecule has 0 aromatic rings. The van der Waals surface area contributed by atoms with Crippen LogP contribution in [0.5, 0.6) is 0 Å². The van der Waals surface area contributed by atoms with E-state index in [2.05, 4.69) is 98.9 Å². The van der Waals surface area contributed by atoms with Gasteiger partial charge in [0.1, 0.15) is 6.61 Å². The van der Waals surface area contributed by atoms with E-state index < -0.39 is 32.5 Å². The van der Waals surface area contributed by atoms with Crippen molar-refractivity contribution in [3.8, 4) is 0 Å². The SMILES string of the molecule is CC/C=C\C/C=C\C/C=C\CCCCCCCC(=O)OC[C@H](COP(=O)(O)OCCN)OC(=O)CC/C=C\C/C=C\C/C=C\C/C=C\C/C=C\CCCCC. The van der Waals surface area contributed by atoms with Crippen LogP contribution in [-0.2, 0) is 32.7 Å². The van der Waals surface area contributed by atoms with Gasteiger partial charge in [-0.3, -0.25) is 18.6 Å². The highest BCUT2D eigenvalue weighted by molar-refractivity contribution is 7.47. The Labute approximate surface area is 334 Å². The minimum Gasteiger partial charge on any atom is -0.462 e. The maximum atomic E-state index is 12.5. The second-order valence-electron chi connectivity index (χ2n) is 13.1. The molecule has 0 bridgehead atoms. The number of esters is 2. The Hall–Kier alpha value is -3.07. The topological polar surface area (TPSA) is 134 Å². The van der Waals surface area contributed by atoms with Gasteiger partial charge in [-0.05, 0) is 83.5 Å². The van der Waals surface area contributed by atoms with Crippen molar-refractivity contribution in [2.75, 3.05) is 26.4 Å². The molecule has 0 aromatic carbocycles. The molecule has 0 aliphatic carbocycles. The van der Waals surface area contributed by atoms with E-state index in [9.17, 15) is 19.0 Å². The smallest absolute Gasteiger partial charge is 0.462 e. The first-order valence-corrected chi connectivity index (χ1v) is 22.2. The summed E-state index contributed by atoms with van der Waals surface area (Å²) in [6.07, 6.45) is 51.6. The fourth-order valence-electron chi connectivity index (χ4n) is 4.92. The van der Waals surface area contributed by atoms with Gasteiger partial charge in [0, 0.05) is 19.4 Å². The Balaban J connectivity index is 4.37. The molecule has 0 aromatic heterocycles. The summed E-state index contributed by atoms with van der Waals surface area (Å²) in [5, 5.41) is 0. The summed E-state index contributed by atoms with van der Waals surface area (Å²) in [4.78, 5) is 34.8. The molecule has 3 N–H and O–H groups in total. The Bertz CT molecular complexity index is 1220. The van der Waals surface area contributed by atoms with Crippen molar-refractivity contribution in [3.05, 3.63) is 97.2 Å². The van der Waals surface area contributed by atoms with Crippen LogP contribution in [-0.4, -0.2) is 49.3 Å². The zero-order valence-corrected chi connectivity index (χ0v) is 35.0. The number of phosphoric ester groups is 1. The summed E-state index contributed by atoms with van der Waals surface area (Å²) >= 11 is 0. The van der Waals surface area contributed by atoms with Gasteiger partial charge in [0.2, 0.25) is 0 Å². The van der Waals surface area contributed by atoms with Crippen molar-refractivity contribution >= 4 is 19.8 Å². The van der Waals surface area contributed by atoms with E-state index in [0.29, 0.717) is 12.8 Å². The van der Waals surface area contributed by atoms with Crippen LogP contribution < -0.4 is 5.73 Å². The first kappa shape index (κ1) is 51.9. The summed E-state index contributed by atoms with van der Waals surface area (Å²) in [5.41, 5.74) is 5.33. The molecule has 10 heteroatoms. The molecule has 2 atom stereocenters. The van der Waals surface area contributed by atoms with Gasteiger partial charge in [-0.15, -0.1) is 0 Å². The van der Waals surface area contributed by atoms with Crippen LogP contribution in [0.25, 0.3) is 0 Å². The lowest BCUT2D eigenvalue weighted by Gasteiger charge is -2.19. The highest BCUT2D eigenvalue weighted by atomic mass is 31.2. The van der Waals surface area contributed by atoms with Crippen molar-refractivity contribution in [2.45, 2.75) is 148 Å². The van der Waals surface area contributed by atoms with Gasteiger partial charge >= 0.3 is 19.8 Å². The minimum absolute atomic E-state index is 0.0341. The Morgan fingerprint density at radius 1 is 0.564 bits per heavy atom. The highest BCUT2D eigenvalue weighted by Gasteiger charge is 2.25. The van der Waals surface area contributed by atoms with Gasteiger partial charge in [0.15, 0.2) is 6.10 Å². The molecule has 9 nitrogen and oxygen atoms in total. The molecule has 0 amide bonds. The average Bonchev–Trinajstić information content (AvgIpc) is 3.17. The van der Waals surface area contributed by atoms with Gasteiger partial charge < -0.3 is 20.1 Å². The number of phosphoric acid groups is 1. The van der Waals surface area contributed by atoms with Crippen molar-refractivity contribution in [3.63, 3.8) is 0 Å². The predicted molar refractivity (Wildman–Crippen MR) is 228 cm³/mol. The summed E-state index contributed by atoms with van der Waals surface area (Å²) in [7, 11) is -4.41. The number of ether oxygens (including phenoxy) is 2. The quantitative estimate of drug-likeness (QED) is 0.0273. The fourth-order valence-corrected chi connectivity index (χ4v) is 5.69. The molecule has 0 fully saturated rings. The van der Waals surface area contributed by atoms with Crippen LogP contribution in [0, 0.1) is 0 Å². The van der Waals surface area contributed by atoms with Gasteiger partial charge in [-0.2, -0.15) is 0 Å². The molecular weight excluding hydrogens is 713 g/mol. The number of rotatable bonds is 37.